The van der Waals surface area contributed by atoms with Crippen molar-refractivity contribution in [2.24, 2.45) is 7.05 Å². The van der Waals surface area contributed by atoms with Gasteiger partial charge in [-0.1, -0.05) is 0 Å². The van der Waals surface area contributed by atoms with Crippen molar-refractivity contribution in [3.05, 3.63) is 66.2 Å². The van der Waals surface area contributed by atoms with Crippen LogP contribution in [0.3, 0.4) is 0 Å². The van der Waals surface area contributed by atoms with E-state index in [1.165, 1.54) is 24.4 Å². The number of ether oxygens (including phenoxy) is 1. The third-order valence-corrected chi connectivity index (χ3v) is 4.78. The van der Waals surface area contributed by atoms with E-state index in [2.05, 4.69) is 20.2 Å². The number of carbonyl (C=O) groups is 1. The predicted molar refractivity (Wildman–Crippen MR) is 107 cm³/mol. The molecule has 5 aromatic rings. The molecule has 2 aromatic carbocycles. The first-order valence-corrected chi connectivity index (χ1v) is 8.97. The lowest BCUT2D eigenvalue weighted by Gasteiger charge is -2.06. The van der Waals surface area contributed by atoms with Crippen LogP contribution >= 0.6 is 0 Å². The molecule has 2 N–H and O–H groups in total. The number of halogens is 1. The van der Waals surface area contributed by atoms with Crippen LogP contribution in [-0.2, 0) is 7.05 Å². The molecule has 0 saturated carbocycles. The summed E-state index contributed by atoms with van der Waals surface area (Å²) in [6, 6.07) is 12.7. The van der Waals surface area contributed by atoms with Gasteiger partial charge in [-0.2, -0.15) is 5.10 Å². The molecule has 0 aliphatic rings. The van der Waals surface area contributed by atoms with E-state index in [0.717, 1.165) is 11.0 Å². The van der Waals surface area contributed by atoms with Crippen LogP contribution in [0, 0.1) is 5.82 Å². The fourth-order valence-corrected chi connectivity index (χ4v) is 3.34. The van der Waals surface area contributed by atoms with E-state index in [9.17, 15) is 9.18 Å². The zero-order chi connectivity index (χ0) is 20.8. The highest BCUT2D eigenvalue weighted by molar-refractivity contribution is 5.93. The van der Waals surface area contributed by atoms with Crippen LogP contribution in [0.4, 0.5) is 4.39 Å². The number of hydrogen-bond acceptors (Lipinski definition) is 5. The minimum Gasteiger partial charge on any atom is -0.477 e. The minimum atomic E-state index is -1.13. The van der Waals surface area contributed by atoms with E-state index in [4.69, 9.17) is 9.84 Å². The average Bonchev–Trinajstić information content (AvgIpc) is 3.28. The van der Waals surface area contributed by atoms with Crippen LogP contribution in [0.2, 0.25) is 0 Å². The maximum absolute atomic E-state index is 13.7. The van der Waals surface area contributed by atoms with Crippen molar-refractivity contribution in [1.29, 1.82) is 0 Å². The monoisotopic (exact) mass is 403 g/mol. The van der Waals surface area contributed by atoms with Crippen molar-refractivity contribution >= 4 is 27.9 Å². The van der Waals surface area contributed by atoms with Crippen molar-refractivity contribution in [3.63, 3.8) is 0 Å². The molecular weight excluding hydrogens is 389 g/mol. The highest BCUT2D eigenvalue weighted by Crippen LogP contribution is 2.31. The summed E-state index contributed by atoms with van der Waals surface area (Å²) in [5.74, 6) is -0.0546. The summed E-state index contributed by atoms with van der Waals surface area (Å²) in [5, 5.41) is 16.9. The highest BCUT2D eigenvalue weighted by atomic mass is 19.1. The molecule has 0 radical (unpaired) electrons. The topological polar surface area (TPSA) is 106 Å². The zero-order valence-electron chi connectivity index (χ0n) is 15.6. The second kappa shape index (κ2) is 6.66. The molecule has 0 saturated heterocycles. The fraction of sp³-hybridized carbons (Fsp3) is 0.0476. The van der Waals surface area contributed by atoms with Crippen LogP contribution < -0.4 is 4.74 Å². The number of aryl methyl sites for hydroxylation is 1. The number of fused-ring (bicyclic) bond motifs is 2. The number of carboxylic acids is 1. The Morgan fingerprint density at radius 1 is 1.13 bits per heavy atom. The Hall–Kier alpha value is -4.27. The zero-order valence-corrected chi connectivity index (χ0v) is 15.6. The Morgan fingerprint density at radius 3 is 2.80 bits per heavy atom. The maximum atomic E-state index is 13.7. The molecule has 0 amide bonds. The molecular formula is C21H14FN5O3. The molecule has 0 fully saturated rings. The Bertz CT molecular complexity index is 1440. The third-order valence-electron chi connectivity index (χ3n) is 4.78. The van der Waals surface area contributed by atoms with Gasteiger partial charge in [0.05, 0.1) is 16.6 Å². The van der Waals surface area contributed by atoms with E-state index in [-0.39, 0.29) is 11.5 Å². The van der Waals surface area contributed by atoms with Crippen molar-refractivity contribution < 1.29 is 19.0 Å². The van der Waals surface area contributed by atoms with Gasteiger partial charge in [0.2, 0.25) is 0 Å². The minimum absolute atomic E-state index is 0.105. The van der Waals surface area contributed by atoms with Crippen molar-refractivity contribution in [1.82, 2.24) is 24.7 Å². The van der Waals surface area contributed by atoms with Crippen LogP contribution in [0.15, 0.2) is 54.7 Å². The number of pyridine rings is 1. The predicted octanol–water partition coefficient (Wildman–Crippen LogP) is 4.14. The van der Waals surface area contributed by atoms with Crippen LogP contribution in [0.5, 0.6) is 11.5 Å². The second-order valence-corrected chi connectivity index (χ2v) is 6.69. The second-order valence-electron chi connectivity index (χ2n) is 6.69. The number of nitrogens with zero attached hydrogens (tertiary/aromatic N) is 4. The van der Waals surface area contributed by atoms with Crippen molar-refractivity contribution in [3.8, 4) is 23.0 Å². The van der Waals surface area contributed by atoms with Gasteiger partial charge in [0.1, 0.15) is 23.0 Å². The van der Waals surface area contributed by atoms with Gasteiger partial charge in [0, 0.05) is 30.8 Å². The van der Waals surface area contributed by atoms with E-state index in [0.29, 0.717) is 33.9 Å². The summed E-state index contributed by atoms with van der Waals surface area (Å²) in [7, 11) is 1.85. The summed E-state index contributed by atoms with van der Waals surface area (Å²) < 4.78 is 21.4. The number of hydrogen-bond donors (Lipinski definition) is 2. The first-order valence-electron chi connectivity index (χ1n) is 8.97. The number of carboxylic acid groups (broad SMARTS) is 1. The third kappa shape index (κ3) is 2.93. The molecule has 3 heterocycles. The summed E-state index contributed by atoms with van der Waals surface area (Å²) in [6.45, 7) is 0. The smallest absolute Gasteiger partial charge is 0.354 e. The van der Waals surface area contributed by atoms with Gasteiger partial charge < -0.3 is 14.4 Å². The van der Waals surface area contributed by atoms with Crippen LogP contribution in [0.25, 0.3) is 33.5 Å². The number of nitrogens with one attached hydrogen (secondary N) is 1. The summed E-state index contributed by atoms with van der Waals surface area (Å²) in [4.78, 5) is 19.5. The molecule has 8 nitrogen and oxygen atoms in total. The van der Waals surface area contributed by atoms with Gasteiger partial charge in [-0.05, 0) is 36.4 Å². The number of aromatic amines is 1. The molecule has 0 atom stereocenters. The van der Waals surface area contributed by atoms with Crippen LogP contribution in [-0.4, -0.2) is 35.8 Å². The van der Waals surface area contributed by atoms with Crippen molar-refractivity contribution in [2.75, 3.05) is 0 Å². The van der Waals surface area contributed by atoms with Gasteiger partial charge >= 0.3 is 5.97 Å². The first kappa shape index (κ1) is 17.8. The summed E-state index contributed by atoms with van der Waals surface area (Å²) >= 11 is 0. The fourth-order valence-electron chi connectivity index (χ4n) is 3.34. The molecule has 0 aliphatic carbocycles. The highest BCUT2D eigenvalue weighted by Gasteiger charge is 2.17. The van der Waals surface area contributed by atoms with Crippen LogP contribution in [0.1, 0.15) is 10.5 Å². The number of aromatic nitrogens is 5. The van der Waals surface area contributed by atoms with E-state index < -0.39 is 5.97 Å². The molecule has 5 rings (SSSR count). The van der Waals surface area contributed by atoms with Gasteiger partial charge in [-0.25, -0.2) is 19.2 Å². The summed E-state index contributed by atoms with van der Waals surface area (Å²) in [6.07, 6.45) is 1.37. The number of aromatic carboxylic acids is 1. The van der Waals surface area contributed by atoms with Gasteiger partial charge in [-0.3, -0.25) is 5.10 Å². The van der Waals surface area contributed by atoms with E-state index >= 15 is 0 Å². The first-order chi connectivity index (χ1) is 14.5. The van der Waals surface area contributed by atoms with Gasteiger partial charge in [0.15, 0.2) is 11.5 Å². The van der Waals surface area contributed by atoms with E-state index in [1.54, 1.807) is 24.3 Å². The Kier molecular flexibility index (Phi) is 3.95. The SMILES string of the molecule is Cn1c(-c2n[nH]c3ccc(F)cc23)nc2cc(Oc3ccnc(C(=O)O)c3)ccc21. The largest absolute Gasteiger partial charge is 0.477 e. The van der Waals surface area contributed by atoms with Gasteiger partial charge in [0.25, 0.3) is 0 Å². The molecule has 0 spiro atoms. The van der Waals surface area contributed by atoms with Crippen molar-refractivity contribution in [2.45, 2.75) is 0 Å². The van der Waals surface area contributed by atoms with Gasteiger partial charge in [-0.15, -0.1) is 0 Å². The maximum Gasteiger partial charge on any atom is 0.354 e. The lowest BCUT2D eigenvalue weighted by Crippen LogP contribution is -1.99. The Balaban J connectivity index is 1.55. The molecule has 0 aliphatic heterocycles. The standard InChI is InChI=1S/C21H14FN5O3/c1-27-18-5-3-12(30-13-6-7-23-17(10-13)21(28)29)9-16(18)24-20(27)19-14-8-11(22)2-4-15(14)25-26-19/h2-10H,1H3,(H,25,26)(H,28,29). The van der Waals surface area contributed by atoms with E-state index in [1.807, 2.05) is 17.7 Å². The summed E-state index contributed by atoms with van der Waals surface area (Å²) in [5.41, 5.74) is 2.66. The number of rotatable bonds is 4. The molecule has 30 heavy (non-hydrogen) atoms. The lowest BCUT2D eigenvalue weighted by molar-refractivity contribution is 0.0690. The quantitative estimate of drug-likeness (QED) is 0.467. The Labute approximate surface area is 168 Å². The normalized spacial score (nSPS) is 11.3. The number of benzene rings is 2. The molecule has 3 aromatic heterocycles. The molecule has 0 unspecified atom stereocenters. The molecule has 9 heteroatoms. The molecule has 148 valence electrons. The number of imidazole rings is 1. The average molecular weight is 403 g/mol. The molecule has 0 bridgehead atoms. The number of H-pyrrole nitrogens is 1. The lowest BCUT2D eigenvalue weighted by atomic mass is 10.2. The Morgan fingerprint density at radius 2 is 1.97 bits per heavy atom.